The van der Waals surface area contributed by atoms with Crippen molar-refractivity contribution in [3.63, 3.8) is 0 Å². The molecule has 0 bridgehead atoms. The first-order valence-corrected chi connectivity index (χ1v) is 11.4. The summed E-state index contributed by atoms with van der Waals surface area (Å²) in [6.07, 6.45) is 2.34. The summed E-state index contributed by atoms with van der Waals surface area (Å²) in [7, 11) is 0. The van der Waals surface area contributed by atoms with Crippen LogP contribution in [0.15, 0.2) is 59.0 Å². The van der Waals surface area contributed by atoms with Crippen LogP contribution in [-0.4, -0.2) is 42.7 Å². The minimum atomic E-state index is -0.408. The highest BCUT2D eigenvalue weighted by Gasteiger charge is 2.20. The molecule has 0 aliphatic carbocycles. The van der Waals surface area contributed by atoms with Crippen molar-refractivity contribution in [2.75, 3.05) is 13.1 Å². The predicted molar refractivity (Wildman–Crippen MR) is 131 cm³/mol. The molecule has 5 aromatic rings. The van der Waals surface area contributed by atoms with Gasteiger partial charge in [-0.1, -0.05) is 30.3 Å². The van der Waals surface area contributed by atoms with E-state index in [1.165, 1.54) is 25.0 Å². The van der Waals surface area contributed by atoms with E-state index in [2.05, 4.69) is 15.0 Å². The lowest BCUT2D eigenvalue weighted by molar-refractivity contribution is -0.384. The van der Waals surface area contributed by atoms with Gasteiger partial charge in [0, 0.05) is 34.0 Å². The van der Waals surface area contributed by atoms with Gasteiger partial charge in [-0.3, -0.25) is 15.0 Å². The minimum absolute atomic E-state index is 0.00128. The second kappa shape index (κ2) is 8.15. The van der Waals surface area contributed by atoms with Gasteiger partial charge in [-0.2, -0.15) is 0 Å². The average molecular weight is 473 g/mol. The first-order chi connectivity index (χ1) is 16.6. The molecule has 34 heavy (non-hydrogen) atoms. The van der Waals surface area contributed by atoms with Gasteiger partial charge in [-0.15, -0.1) is 5.10 Å². The highest BCUT2D eigenvalue weighted by Crippen LogP contribution is 2.35. The molecule has 1 aliphatic rings. The second-order valence-corrected chi connectivity index (χ2v) is 8.75. The number of nitrogens with one attached hydrogen (secondary N) is 1. The average Bonchev–Trinajstić information content (AvgIpc) is 3.58. The van der Waals surface area contributed by atoms with E-state index < -0.39 is 4.92 Å². The van der Waals surface area contributed by atoms with E-state index in [9.17, 15) is 10.1 Å². The van der Waals surface area contributed by atoms with E-state index in [-0.39, 0.29) is 5.69 Å². The van der Waals surface area contributed by atoms with Crippen LogP contribution in [0.5, 0.6) is 0 Å². The molecule has 1 fully saturated rings. The summed E-state index contributed by atoms with van der Waals surface area (Å²) in [5.41, 5.74) is 3.47. The van der Waals surface area contributed by atoms with Crippen LogP contribution in [0, 0.1) is 15.0 Å². The molecule has 2 aromatic carbocycles. The number of para-hydroxylation sites is 1. The third-order valence-corrected chi connectivity index (χ3v) is 6.48. The van der Waals surface area contributed by atoms with Crippen molar-refractivity contribution in [2.45, 2.75) is 19.5 Å². The summed E-state index contributed by atoms with van der Waals surface area (Å²) in [5.74, 6) is 0.322. The fraction of sp³-hybridized carbons (Fsp3) is 0.208. The molecule has 0 saturated carbocycles. The van der Waals surface area contributed by atoms with E-state index in [1.54, 1.807) is 10.7 Å². The number of benzene rings is 2. The molecule has 9 nitrogen and oxygen atoms in total. The Hall–Kier alpha value is -3.89. The maximum absolute atomic E-state index is 11.4. The van der Waals surface area contributed by atoms with E-state index in [0.29, 0.717) is 34.3 Å². The van der Waals surface area contributed by atoms with E-state index >= 15 is 0 Å². The quantitative estimate of drug-likeness (QED) is 0.204. The normalized spacial score (nSPS) is 14.4. The van der Waals surface area contributed by atoms with Crippen LogP contribution >= 0.6 is 12.2 Å². The largest absolute Gasteiger partial charge is 0.408 e. The van der Waals surface area contributed by atoms with Crippen LogP contribution in [0.25, 0.3) is 44.6 Å². The Morgan fingerprint density at radius 1 is 1.09 bits per heavy atom. The molecule has 0 amide bonds. The Bertz CT molecular complexity index is 1610. The summed E-state index contributed by atoms with van der Waals surface area (Å²) in [5, 5.41) is 18.0. The molecule has 6 rings (SSSR count). The molecule has 0 atom stereocenters. The zero-order valence-electron chi connectivity index (χ0n) is 18.1. The zero-order chi connectivity index (χ0) is 23.2. The number of pyridine rings is 1. The molecule has 4 heterocycles. The highest BCUT2D eigenvalue weighted by atomic mass is 32.1. The van der Waals surface area contributed by atoms with Gasteiger partial charge in [0.2, 0.25) is 0 Å². The van der Waals surface area contributed by atoms with Crippen LogP contribution in [0.1, 0.15) is 12.8 Å². The first-order valence-electron chi connectivity index (χ1n) is 11.0. The number of H-pyrrole nitrogens is 1. The summed E-state index contributed by atoms with van der Waals surface area (Å²) < 4.78 is 7.55. The van der Waals surface area contributed by atoms with E-state index in [4.69, 9.17) is 21.6 Å². The Kier molecular flexibility index (Phi) is 4.96. The number of likely N-dealkylation sites (tertiary alicyclic amines) is 1. The fourth-order valence-electron chi connectivity index (χ4n) is 4.54. The van der Waals surface area contributed by atoms with Crippen LogP contribution in [-0.2, 0) is 6.67 Å². The molecule has 0 unspecified atom stereocenters. The van der Waals surface area contributed by atoms with E-state index in [1.807, 2.05) is 36.4 Å². The van der Waals surface area contributed by atoms with Gasteiger partial charge in [-0.05, 0) is 50.3 Å². The zero-order valence-corrected chi connectivity index (χ0v) is 18.9. The van der Waals surface area contributed by atoms with Gasteiger partial charge in [0.1, 0.15) is 5.69 Å². The smallest absolute Gasteiger partial charge is 0.288 e. The summed E-state index contributed by atoms with van der Waals surface area (Å²) in [4.78, 5) is 21.8. The molecule has 1 aliphatic heterocycles. The lowest BCUT2D eigenvalue weighted by atomic mass is 10.1. The lowest BCUT2D eigenvalue weighted by Gasteiger charge is -2.12. The molecule has 1 saturated heterocycles. The third-order valence-electron chi connectivity index (χ3n) is 6.18. The SMILES string of the molecule is O=[N+]([O-])c1cccc(-c2nc(-c3nn(CN4CCCC4)c(=S)o3)cc3c2[nH]c2ccccc23)c1. The number of non-ortho nitro benzene ring substituents is 1. The number of nitrogens with zero attached hydrogens (tertiary/aromatic N) is 5. The lowest BCUT2D eigenvalue weighted by Crippen LogP contribution is -2.23. The summed E-state index contributed by atoms with van der Waals surface area (Å²) >= 11 is 5.43. The van der Waals surface area contributed by atoms with Crippen LogP contribution < -0.4 is 0 Å². The molecule has 3 aromatic heterocycles. The molecule has 0 spiro atoms. The monoisotopic (exact) mass is 472 g/mol. The molecule has 170 valence electrons. The first kappa shape index (κ1) is 20.7. The molecule has 1 N–H and O–H groups in total. The van der Waals surface area contributed by atoms with Gasteiger partial charge in [0.15, 0.2) is 0 Å². The topological polar surface area (TPSA) is 106 Å². The van der Waals surface area contributed by atoms with Gasteiger partial charge < -0.3 is 9.40 Å². The number of hydrogen-bond donors (Lipinski definition) is 1. The number of aromatic nitrogens is 4. The Balaban J connectivity index is 1.54. The number of fused-ring (bicyclic) bond motifs is 3. The van der Waals surface area contributed by atoms with Gasteiger partial charge in [0.25, 0.3) is 16.4 Å². The van der Waals surface area contributed by atoms with Gasteiger partial charge >= 0.3 is 0 Å². The van der Waals surface area contributed by atoms with Crippen LogP contribution in [0.2, 0.25) is 0 Å². The number of nitro benzene ring substituents is 1. The standard InChI is InChI=1S/C24H20N6O3S/c31-30(32)16-7-5-6-15(12-16)21-22-18(17-8-1-2-9-19(17)25-22)13-20(26-21)23-27-29(24(34)33-23)14-28-10-3-4-11-28/h1-2,5-9,12-13,25H,3-4,10-11,14H2. The van der Waals surface area contributed by atoms with Crippen molar-refractivity contribution in [3.8, 4) is 22.8 Å². The predicted octanol–water partition coefficient (Wildman–Crippen LogP) is 5.53. The number of aromatic amines is 1. The van der Waals surface area contributed by atoms with Crippen LogP contribution in [0.3, 0.4) is 0 Å². The molecule has 0 radical (unpaired) electrons. The van der Waals surface area contributed by atoms with E-state index in [0.717, 1.165) is 34.9 Å². The van der Waals surface area contributed by atoms with Gasteiger partial charge in [-0.25, -0.2) is 9.67 Å². The van der Waals surface area contributed by atoms with Crippen molar-refractivity contribution < 1.29 is 9.34 Å². The van der Waals surface area contributed by atoms with Crippen molar-refractivity contribution in [2.24, 2.45) is 0 Å². The number of nitro groups is 1. The second-order valence-electron chi connectivity index (χ2n) is 8.40. The highest BCUT2D eigenvalue weighted by molar-refractivity contribution is 7.71. The Morgan fingerprint density at radius 2 is 1.91 bits per heavy atom. The van der Waals surface area contributed by atoms with Crippen LogP contribution in [0.4, 0.5) is 5.69 Å². The van der Waals surface area contributed by atoms with Crippen molar-refractivity contribution in [1.82, 2.24) is 24.6 Å². The Morgan fingerprint density at radius 3 is 2.74 bits per heavy atom. The van der Waals surface area contributed by atoms with Crippen molar-refractivity contribution in [3.05, 3.63) is 69.5 Å². The molecule has 10 heteroatoms. The maximum atomic E-state index is 11.4. The minimum Gasteiger partial charge on any atom is -0.408 e. The molecular formula is C24H20N6O3S. The van der Waals surface area contributed by atoms with Gasteiger partial charge in [0.05, 0.1) is 22.8 Å². The van der Waals surface area contributed by atoms with Crippen molar-refractivity contribution >= 4 is 39.7 Å². The fourth-order valence-corrected chi connectivity index (χ4v) is 4.72. The van der Waals surface area contributed by atoms with Crippen molar-refractivity contribution in [1.29, 1.82) is 0 Å². The number of rotatable bonds is 5. The summed E-state index contributed by atoms with van der Waals surface area (Å²) in [6, 6.07) is 16.3. The Labute approximate surface area is 198 Å². The maximum Gasteiger partial charge on any atom is 0.288 e. The summed E-state index contributed by atoms with van der Waals surface area (Å²) in [6.45, 7) is 2.61. The third kappa shape index (κ3) is 3.57. The molecular weight excluding hydrogens is 452 g/mol. The number of hydrogen-bond acceptors (Lipinski definition) is 7.